The molecule has 0 aliphatic heterocycles. The summed E-state index contributed by atoms with van der Waals surface area (Å²) in [6, 6.07) is 9.66. The van der Waals surface area contributed by atoms with E-state index < -0.39 is 5.97 Å². The van der Waals surface area contributed by atoms with Crippen molar-refractivity contribution in [2.45, 2.75) is 32.2 Å². The Hall–Kier alpha value is -1.35. The molecule has 0 saturated heterocycles. The third kappa shape index (κ3) is 4.45. The molecule has 2 N–H and O–H groups in total. The maximum absolute atomic E-state index is 10.8. The molecule has 0 saturated carbocycles. The molecule has 1 rings (SSSR count). The molecule has 0 heterocycles. The number of nitrogens with one attached hydrogen (secondary N) is 1. The van der Waals surface area contributed by atoms with E-state index in [1.807, 2.05) is 30.3 Å². The molecule has 0 spiro atoms. The van der Waals surface area contributed by atoms with Crippen LogP contribution in [0.25, 0.3) is 0 Å². The Morgan fingerprint density at radius 2 is 2.06 bits per heavy atom. The fourth-order valence-electron chi connectivity index (χ4n) is 1.62. The van der Waals surface area contributed by atoms with Gasteiger partial charge in [-0.3, -0.25) is 4.79 Å². The van der Waals surface area contributed by atoms with Crippen molar-refractivity contribution in [1.82, 2.24) is 5.32 Å². The Balaban J connectivity index is 2.60. The molecule has 88 valence electrons. The van der Waals surface area contributed by atoms with Gasteiger partial charge in [0.15, 0.2) is 0 Å². The minimum absolute atomic E-state index is 0.0785. The van der Waals surface area contributed by atoms with Gasteiger partial charge in [-0.15, -0.1) is 0 Å². The van der Waals surface area contributed by atoms with Crippen molar-refractivity contribution in [3.05, 3.63) is 35.9 Å². The number of carboxylic acid groups (broad SMARTS) is 1. The van der Waals surface area contributed by atoms with Crippen molar-refractivity contribution in [2.24, 2.45) is 0 Å². The van der Waals surface area contributed by atoms with Gasteiger partial charge in [0.1, 0.15) is 0 Å². The van der Waals surface area contributed by atoms with Gasteiger partial charge >= 0.3 is 5.97 Å². The molecule has 0 radical (unpaired) electrons. The fraction of sp³-hybridized carbons (Fsp3) is 0.462. The minimum Gasteiger partial charge on any atom is -0.481 e. The van der Waals surface area contributed by atoms with Crippen molar-refractivity contribution in [3.8, 4) is 0 Å². The summed E-state index contributed by atoms with van der Waals surface area (Å²) >= 11 is 0. The average molecular weight is 221 g/mol. The molecular weight excluding hydrogens is 202 g/mol. The van der Waals surface area contributed by atoms with Gasteiger partial charge in [0.05, 0.1) is 6.42 Å². The summed E-state index contributed by atoms with van der Waals surface area (Å²) in [6.07, 6.45) is 2.32. The summed E-state index contributed by atoms with van der Waals surface area (Å²) < 4.78 is 0. The summed E-state index contributed by atoms with van der Waals surface area (Å²) in [5.74, 6) is -0.766. The zero-order valence-electron chi connectivity index (χ0n) is 9.65. The Bertz CT molecular complexity index is 311. The highest BCUT2D eigenvalue weighted by Gasteiger charge is 2.13. The van der Waals surface area contributed by atoms with Crippen LogP contribution in [0.4, 0.5) is 0 Å². The first-order chi connectivity index (χ1) is 7.74. The number of hydrogen-bond acceptors (Lipinski definition) is 2. The van der Waals surface area contributed by atoms with Gasteiger partial charge < -0.3 is 10.4 Å². The van der Waals surface area contributed by atoms with Crippen LogP contribution in [0.1, 0.15) is 37.8 Å². The minimum atomic E-state index is -0.766. The quantitative estimate of drug-likeness (QED) is 0.696. The van der Waals surface area contributed by atoms with Crippen LogP contribution < -0.4 is 5.32 Å². The number of unbranched alkanes of at least 4 members (excludes halogenated alkanes) is 1. The summed E-state index contributed by atoms with van der Waals surface area (Å²) in [5.41, 5.74) is 1.04. The summed E-state index contributed by atoms with van der Waals surface area (Å²) in [5, 5.41) is 12.1. The molecule has 1 atom stereocenters. The Kier molecular flexibility index (Phi) is 5.57. The highest BCUT2D eigenvalue weighted by molar-refractivity contribution is 5.67. The monoisotopic (exact) mass is 221 g/mol. The van der Waals surface area contributed by atoms with E-state index in [0.717, 1.165) is 24.9 Å². The van der Waals surface area contributed by atoms with Crippen LogP contribution >= 0.6 is 0 Å². The highest BCUT2D eigenvalue weighted by Crippen LogP contribution is 2.16. The number of rotatable bonds is 7. The van der Waals surface area contributed by atoms with Crippen LogP contribution in [0.15, 0.2) is 30.3 Å². The molecular formula is C13H19NO2. The maximum Gasteiger partial charge on any atom is 0.305 e. The number of carbonyl (C=O) groups is 1. The zero-order valence-corrected chi connectivity index (χ0v) is 9.65. The smallest absolute Gasteiger partial charge is 0.305 e. The van der Waals surface area contributed by atoms with Crippen molar-refractivity contribution in [1.29, 1.82) is 0 Å². The van der Waals surface area contributed by atoms with E-state index in [-0.39, 0.29) is 12.5 Å². The predicted molar refractivity (Wildman–Crippen MR) is 64.3 cm³/mol. The Morgan fingerprint density at radius 1 is 1.38 bits per heavy atom. The molecule has 0 amide bonds. The van der Waals surface area contributed by atoms with E-state index in [0.29, 0.717) is 0 Å². The molecule has 1 aromatic carbocycles. The van der Waals surface area contributed by atoms with E-state index in [1.165, 1.54) is 0 Å². The lowest BCUT2D eigenvalue weighted by molar-refractivity contribution is -0.137. The number of aliphatic carboxylic acids is 1. The molecule has 0 aromatic heterocycles. The van der Waals surface area contributed by atoms with Crippen molar-refractivity contribution >= 4 is 5.97 Å². The van der Waals surface area contributed by atoms with Crippen molar-refractivity contribution < 1.29 is 9.90 Å². The first-order valence-corrected chi connectivity index (χ1v) is 5.74. The van der Waals surface area contributed by atoms with E-state index in [2.05, 4.69) is 12.2 Å². The van der Waals surface area contributed by atoms with Gasteiger partial charge in [-0.25, -0.2) is 0 Å². The Morgan fingerprint density at radius 3 is 2.62 bits per heavy atom. The molecule has 3 heteroatoms. The predicted octanol–water partition coefficient (Wildman–Crippen LogP) is 2.59. The third-order valence-corrected chi connectivity index (χ3v) is 2.50. The third-order valence-electron chi connectivity index (χ3n) is 2.50. The SMILES string of the molecule is CCCCNC(CC(=O)O)c1ccccc1. The van der Waals surface area contributed by atoms with Crippen LogP contribution in [0.5, 0.6) is 0 Å². The summed E-state index contributed by atoms with van der Waals surface area (Å²) in [6.45, 7) is 2.99. The molecule has 16 heavy (non-hydrogen) atoms. The highest BCUT2D eigenvalue weighted by atomic mass is 16.4. The second kappa shape index (κ2) is 7.01. The molecule has 0 aliphatic rings. The van der Waals surface area contributed by atoms with Crippen molar-refractivity contribution in [2.75, 3.05) is 6.54 Å². The zero-order chi connectivity index (χ0) is 11.8. The lowest BCUT2D eigenvalue weighted by Crippen LogP contribution is -2.24. The van der Waals surface area contributed by atoms with E-state index >= 15 is 0 Å². The lowest BCUT2D eigenvalue weighted by Gasteiger charge is -2.17. The fourth-order valence-corrected chi connectivity index (χ4v) is 1.62. The van der Waals surface area contributed by atoms with Gasteiger partial charge in [0.2, 0.25) is 0 Å². The molecule has 0 bridgehead atoms. The largest absolute Gasteiger partial charge is 0.481 e. The van der Waals surface area contributed by atoms with Gasteiger partial charge in [-0.1, -0.05) is 43.7 Å². The first kappa shape index (κ1) is 12.7. The van der Waals surface area contributed by atoms with Gasteiger partial charge in [0, 0.05) is 6.04 Å². The van der Waals surface area contributed by atoms with Crippen LogP contribution in [0, 0.1) is 0 Å². The summed E-state index contributed by atoms with van der Waals surface area (Å²) in [7, 11) is 0. The normalized spacial score (nSPS) is 12.3. The van der Waals surface area contributed by atoms with E-state index in [1.54, 1.807) is 0 Å². The van der Waals surface area contributed by atoms with Gasteiger partial charge in [0.25, 0.3) is 0 Å². The Labute approximate surface area is 96.5 Å². The van der Waals surface area contributed by atoms with Crippen LogP contribution in [0.2, 0.25) is 0 Å². The number of benzene rings is 1. The van der Waals surface area contributed by atoms with Gasteiger partial charge in [-0.05, 0) is 18.5 Å². The van der Waals surface area contributed by atoms with Crippen molar-refractivity contribution in [3.63, 3.8) is 0 Å². The first-order valence-electron chi connectivity index (χ1n) is 5.74. The number of hydrogen-bond donors (Lipinski definition) is 2. The maximum atomic E-state index is 10.8. The molecule has 0 fully saturated rings. The second-order valence-corrected chi connectivity index (χ2v) is 3.87. The summed E-state index contributed by atoms with van der Waals surface area (Å²) in [4.78, 5) is 10.8. The lowest BCUT2D eigenvalue weighted by atomic mass is 10.0. The van der Waals surface area contributed by atoms with Crippen LogP contribution in [-0.2, 0) is 4.79 Å². The van der Waals surface area contributed by atoms with E-state index in [4.69, 9.17) is 5.11 Å². The standard InChI is InChI=1S/C13H19NO2/c1-2-3-9-14-12(10-13(15)16)11-7-5-4-6-8-11/h4-8,12,14H,2-3,9-10H2,1H3,(H,15,16). The molecule has 3 nitrogen and oxygen atoms in total. The average Bonchev–Trinajstić information content (AvgIpc) is 2.29. The van der Waals surface area contributed by atoms with Crippen LogP contribution in [0.3, 0.4) is 0 Å². The second-order valence-electron chi connectivity index (χ2n) is 3.87. The van der Waals surface area contributed by atoms with Gasteiger partial charge in [-0.2, -0.15) is 0 Å². The molecule has 0 aliphatic carbocycles. The van der Waals surface area contributed by atoms with E-state index in [9.17, 15) is 4.79 Å². The van der Waals surface area contributed by atoms with Crippen LogP contribution in [-0.4, -0.2) is 17.6 Å². The topological polar surface area (TPSA) is 49.3 Å². The molecule has 1 aromatic rings. The molecule has 1 unspecified atom stereocenters. The number of carboxylic acids is 1.